The third kappa shape index (κ3) is 2.97. The molecule has 0 aliphatic heterocycles. The van der Waals surface area contributed by atoms with Crippen molar-refractivity contribution in [3.63, 3.8) is 0 Å². The molecule has 2 aliphatic carbocycles. The van der Waals surface area contributed by atoms with Crippen molar-refractivity contribution in [1.29, 1.82) is 0 Å². The van der Waals surface area contributed by atoms with Crippen molar-refractivity contribution in [2.24, 2.45) is 5.92 Å². The van der Waals surface area contributed by atoms with E-state index < -0.39 is 0 Å². The predicted octanol–water partition coefficient (Wildman–Crippen LogP) is 3.47. The van der Waals surface area contributed by atoms with E-state index >= 15 is 0 Å². The summed E-state index contributed by atoms with van der Waals surface area (Å²) in [7, 11) is 0. The van der Waals surface area contributed by atoms with Gasteiger partial charge in [0.1, 0.15) is 10.7 Å². The number of nitrogens with two attached hydrogens (primary N) is 1. The summed E-state index contributed by atoms with van der Waals surface area (Å²) in [6.45, 7) is 4.31. The largest absolute Gasteiger partial charge is 0.368 e. The minimum atomic E-state index is -0.0405. The highest BCUT2D eigenvalue weighted by molar-refractivity contribution is 7.99. The number of hydrogen-bond donors (Lipinski definition) is 2. The summed E-state index contributed by atoms with van der Waals surface area (Å²) >= 11 is 3.23. The van der Waals surface area contributed by atoms with Crippen LogP contribution in [-0.2, 0) is 12.8 Å². The summed E-state index contributed by atoms with van der Waals surface area (Å²) in [6, 6.07) is 0.412. The number of aryl methyl sites for hydroxylation is 1. The van der Waals surface area contributed by atoms with Crippen LogP contribution in [0.3, 0.4) is 0 Å². The number of fused-ring (bicyclic) bond motifs is 3. The third-order valence-corrected chi connectivity index (χ3v) is 7.67. The molecule has 0 spiro atoms. The summed E-state index contributed by atoms with van der Waals surface area (Å²) < 4.78 is 2.00. The first kappa shape index (κ1) is 17.2. The minimum absolute atomic E-state index is 0.0160. The van der Waals surface area contributed by atoms with Crippen LogP contribution in [0.15, 0.2) is 9.95 Å². The number of hydrogen-bond acceptors (Lipinski definition) is 7. The van der Waals surface area contributed by atoms with E-state index in [0.717, 1.165) is 47.5 Å². The van der Waals surface area contributed by atoms with Crippen LogP contribution >= 0.6 is 23.1 Å². The first-order valence-corrected chi connectivity index (χ1v) is 11.1. The van der Waals surface area contributed by atoms with Gasteiger partial charge in [0.05, 0.1) is 10.6 Å². The molecule has 3 N–H and O–H groups in total. The molecule has 3 aromatic rings. The number of thiophene rings is 1. The molecule has 27 heavy (non-hydrogen) atoms. The second-order valence-electron chi connectivity index (χ2n) is 7.69. The SMILES string of the molecule is C[C@@H]1CCc2c(sc3nc([C@@H](C)Sc4nnc(N)n4C4CC4)[nH]c(=O)c23)C1. The van der Waals surface area contributed by atoms with E-state index in [4.69, 9.17) is 10.7 Å². The van der Waals surface area contributed by atoms with Crippen LogP contribution in [0.25, 0.3) is 10.2 Å². The van der Waals surface area contributed by atoms with Crippen LogP contribution in [0.4, 0.5) is 5.95 Å². The molecule has 0 saturated heterocycles. The van der Waals surface area contributed by atoms with E-state index in [1.54, 1.807) is 23.1 Å². The van der Waals surface area contributed by atoms with E-state index in [9.17, 15) is 4.79 Å². The lowest BCUT2D eigenvalue weighted by Crippen LogP contribution is -2.15. The lowest BCUT2D eigenvalue weighted by molar-refractivity contribution is 0.509. The van der Waals surface area contributed by atoms with Crippen molar-refractivity contribution in [2.75, 3.05) is 5.73 Å². The van der Waals surface area contributed by atoms with E-state index in [-0.39, 0.29) is 10.8 Å². The molecular weight excluding hydrogens is 380 g/mol. The maximum atomic E-state index is 12.8. The van der Waals surface area contributed by atoms with Gasteiger partial charge in [-0.3, -0.25) is 9.36 Å². The molecule has 0 radical (unpaired) electrons. The molecule has 1 saturated carbocycles. The van der Waals surface area contributed by atoms with Crippen LogP contribution in [0.1, 0.15) is 60.7 Å². The maximum Gasteiger partial charge on any atom is 0.259 e. The van der Waals surface area contributed by atoms with Crippen molar-refractivity contribution in [1.82, 2.24) is 24.7 Å². The number of anilines is 1. The smallest absolute Gasteiger partial charge is 0.259 e. The number of nitrogens with zero attached hydrogens (tertiary/aromatic N) is 4. The van der Waals surface area contributed by atoms with Crippen LogP contribution in [-0.4, -0.2) is 24.7 Å². The second-order valence-corrected chi connectivity index (χ2v) is 10.1. The predicted molar refractivity (Wildman–Crippen MR) is 108 cm³/mol. The molecule has 3 aromatic heterocycles. The quantitative estimate of drug-likeness (QED) is 0.648. The van der Waals surface area contributed by atoms with E-state index in [1.165, 1.54) is 10.4 Å². The Balaban J connectivity index is 1.49. The first-order chi connectivity index (χ1) is 13.0. The van der Waals surface area contributed by atoms with Crippen LogP contribution in [0.2, 0.25) is 0 Å². The van der Waals surface area contributed by atoms with Gasteiger partial charge >= 0.3 is 0 Å². The summed E-state index contributed by atoms with van der Waals surface area (Å²) in [5, 5.41) is 9.80. The number of nitrogen functional groups attached to an aromatic ring is 1. The average molecular weight is 403 g/mol. The van der Waals surface area contributed by atoms with Crippen molar-refractivity contribution in [3.05, 3.63) is 26.6 Å². The molecule has 1 fully saturated rings. The molecule has 5 rings (SSSR count). The van der Waals surface area contributed by atoms with Gasteiger partial charge < -0.3 is 10.7 Å². The Morgan fingerprint density at radius 2 is 2.15 bits per heavy atom. The Morgan fingerprint density at radius 1 is 1.33 bits per heavy atom. The fourth-order valence-corrected chi connectivity index (χ4v) is 6.19. The Hall–Kier alpha value is -1.87. The van der Waals surface area contributed by atoms with Gasteiger partial charge in [-0.2, -0.15) is 0 Å². The molecule has 3 heterocycles. The van der Waals surface area contributed by atoms with Crippen molar-refractivity contribution in [3.8, 4) is 0 Å². The molecule has 0 bridgehead atoms. The normalized spacial score (nSPS) is 20.7. The van der Waals surface area contributed by atoms with Crippen LogP contribution in [0.5, 0.6) is 0 Å². The number of H-pyrrole nitrogens is 1. The van der Waals surface area contributed by atoms with Gasteiger partial charge in [0.25, 0.3) is 5.56 Å². The van der Waals surface area contributed by atoms with Gasteiger partial charge in [-0.05, 0) is 50.5 Å². The lowest BCUT2D eigenvalue weighted by Gasteiger charge is -2.17. The molecule has 0 unspecified atom stereocenters. The average Bonchev–Trinajstić information content (AvgIpc) is 3.29. The van der Waals surface area contributed by atoms with Crippen molar-refractivity contribution < 1.29 is 0 Å². The number of aromatic nitrogens is 5. The van der Waals surface area contributed by atoms with E-state index in [0.29, 0.717) is 23.7 Å². The zero-order valence-electron chi connectivity index (χ0n) is 15.4. The number of rotatable bonds is 4. The number of aromatic amines is 1. The second kappa shape index (κ2) is 6.34. The van der Waals surface area contributed by atoms with E-state index in [2.05, 4.69) is 22.1 Å². The highest BCUT2D eigenvalue weighted by Crippen LogP contribution is 2.42. The van der Waals surface area contributed by atoms with Crippen molar-refractivity contribution >= 4 is 39.3 Å². The van der Waals surface area contributed by atoms with E-state index in [1.807, 2.05) is 11.5 Å². The molecule has 9 heteroatoms. The third-order valence-electron chi connectivity index (χ3n) is 5.45. The fourth-order valence-electron chi connectivity index (χ4n) is 3.82. The Bertz CT molecular complexity index is 1080. The Labute approximate surface area is 164 Å². The van der Waals surface area contributed by atoms with Gasteiger partial charge in [0.2, 0.25) is 5.95 Å². The van der Waals surface area contributed by atoms with Crippen LogP contribution in [0, 0.1) is 5.92 Å². The zero-order valence-corrected chi connectivity index (χ0v) is 17.0. The molecule has 2 atom stereocenters. The minimum Gasteiger partial charge on any atom is -0.368 e. The fraction of sp³-hybridized carbons (Fsp3) is 0.556. The highest BCUT2D eigenvalue weighted by atomic mass is 32.2. The highest BCUT2D eigenvalue weighted by Gasteiger charge is 2.30. The topological polar surface area (TPSA) is 102 Å². The summed E-state index contributed by atoms with van der Waals surface area (Å²) in [4.78, 5) is 22.8. The zero-order chi connectivity index (χ0) is 18.7. The number of nitrogens with one attached hydrogen (secondary N) is 1. The monoisotopic (exact) mass is 402 g/mol. The Morgan fingerprint density at radius 3 is 2.93 bits per heavy atom. The molecule has 142 valence electrons. The molecule has 7 nitrogen and oxygen atoms in total. The van der Waals surface area contributed by atoms with Gasteiger partial charge in [0, 0.05) is 10.9 Å². The lowest BCUT2D eigenvalue weighted by atomic mass is 9.89. The van der Waals surface area contributed by atoms with Gasteiger partial charge in [0.15, 0.2) is 5.16 Å². The Kier molecular flexibility index (Phi) is 4.05. The number of thioether (sulfide) groups is 1. The molecule has 2 aliphatic rings. The molecule has 0 amide bonds. The molecule has 0 aromatic carbocycles. The van der Waals surface area contributed by atoms with Gasteiger partial charge in [-0.25, -0.2) is 4.98 Å². The summed E-state index contributed by atoms with van der Waals surface area (Å²) in [5.41, 5.74) is 7.17. The first-order valence-electron chi connectivity index (χ1n) is 9.42. The summed E-state index contributed by atoms with van der Waals surface area (Å²) in [6.07, 6.45) is 5.41. The van der Waals surface area contributed by atoms with Crippen molar-refractivity contribution in [2.45, 2.75) is 62.4 Å². The van der Waals surface area contributed by atoms with Gasteiger partial charge in [-0.1, -0.05) is 18.7 Å². The summed E-state index contributed by atoms with van der Waals surface area (Å²) in [5.74, 6) is 1.83. The standard InChI is InChI=1S/C18H22N6OS2/c1-8-3-6-11-12(7-8)27-16-13(11)15(25)20-14(21-16)9(2)26-18-23-22-17(19)24(18)10-4-5-10/h8-10H,3-7H2,1-2H3,(H2,19,22)(H,20,21,25)/t8-,9-/m1/s1. The molecular formula is C18H22N6OS2. The van der Waals surface area contributed by atoms with Gasteiger partial charge in [-0.15, -0.1) is 21.5 Å². The van der Waals surface area contributed by atoms with Crippen LogP contribution < -0.4 is 11.3 Å². The maximum absolute atomic E-state index is 12.8.